The lowest BCUT2D eigenvalue weighted by atomic mass is 10.2. The lowest BCUT2D eigenvalue weighted by Gasteiger charge is -2.08. The zero-order chi connectivity index (χ0) is 10.9. The molecule has 0 atom stereocenters. The first-order valence-electron chi connectivity index (χ1n) is 3.28. The topological polar surface area (TPSA) is 50.2 Å². The van der Waals surface area contributed by atoms with Gasteiger partial charge in [-0.2, -0.15) is 13.2 Å². The number of halogens is 4. The van der Waals surface area contributed by atoms with Crippen LogP contribution >= 0.6 is 11.6 Å². The normalized spacial score (nSPS) is 11.4. The standard InChI is InChI=1S/C7H3ClF3NO2/c8-5-4(7(9,10)11)1-3(2-13)6(14)12-5/h1-2H,(H,12,14). The lowest BCUT2D eigenvalue weighted by molar-refractivity contribution is -0.137. The van der Waals surface area contributed by atoms with Gasteiger partial charge in [0.1, 0.15) is 5.15 Å². The van der Waals surface area contributed by atoms with E-state index >= 15 is 0 Å². The van der Waals surface area contributed by atoms with E-state index in [9.17, 15) is 18.0 Å². The van der Waals surface area contributed by atoms with Gasteiger partial charge in [-0.3, -0.25) is 4.79 Å². The van der Waals surface area contributed by atoms with Gasteiger partial charge in [-0.1, -0.05) is 11.6 Å². The summed E-state index contributed by atoms with van der Waals surface area (Å²) in [5.74, 6) is -0.821. The summed E-state index contributed by atoms with van der Waals surface area (Å²) >= 11 is 5.14. The molecule has 7 heteroatoms. The average Bonchev–Trinajstić information content (AvgIpc) is 2.02. The molecule has 3 nitrogen and oxygen atoms in total. The van der Waals surface area contributed by atoms with Gasteiger partial charge in [-0.25, -0.2) is 4.98 Å². The Morgan fingerprint density at radius 3 is 2.50 bits per heavy atom. The van der Waals surface area contributed by atoms with Gasteiger partial charge < -0.3 is 5.11 Å². The second-order valence-electron chi connectivity index (χ2n) is 2.36. The Labute approximate surface area is 81.1 Å². The SMILES string of the molecule is O=Cc1cc(C(F)(F)F)c(Cl)nc1O. The number of hydrogen-bond donors (Lipinski definition) is 1. The summed E-state index contributed by atoms with van der Waals surface area (Å²) in [6, 6.07) is 0.442. The molecule has 0 aliphatic rings. The van der Waals surface area contributed by atoms with Gasteiger partial charge >= 0.3 is 6.18 Å². The van der Waals surface area contributed by atoms with Crippen molar-refractivity contribution >= 4 is 17.9 Å². The van der Waals surface area contributed by atoms with Crippen molar-refractivity contribution in [1.29, 1.82) is 0 Å². The first-order valence-corrected chi connectivity index (χ1v) is 3.66. The van der Waals surface area contributed by atoms with Crippen molar-refractivity contribution < 1.29 is 23.1 Å². The largest absolute Gasteiger partial charge is 0.493 e. The van der Waals surface area contributed by atoms with Gasteiger partial charge in [0.25, 0.3) is 0 Å². The van der Waals surface area contributed by atoms with Crippen LogP contribution in [0.5, 0.6) is 5.88 Å². The Kier molecular flexibility index (Phi) is 2.66. The quantitative estimate of drug-likeness (QED) is 0.589. The van der Waals surface area contributed by atoms with Gasteiger partial charge in [-0.05, 0) is 6.07 Å². The molecule has 0 aliphatic carbocycles. The van der Waals surface area contributed by atoms with E-state index in [1.165, 1.54) is 0 Å². The minimum atomic E-state index is -4.70. The van der Waals surface area contributed by atoms with E-state index in [2.05, 4.69) is 4.98 Å². The van der Waals surface area contributed by atoms with Crippen molar-refractivity contribution in [3.05, 3.63) is 22.3 Å². The van der Waals surface area contributed by atoms with Crippen LogP contribution in [0.25, 0.3) is 0 Å². The fraction of sp³-hybridized carbons (Fsp3) is 0.143. The van der Waals surface area contributed by atoms with Crippen LogP contribution in [0, 0.1) is 0 Å². The first-order chi connectivity index (χ1) is 6.36. The number of aldehydes is 1. The summed E-state index contributed by atoms with van der Waals surface area (Å²) in [6.45, 7) is 0. The molecule has 0 unspecified atom stereocenters. The van der Waals surface area contributed by atoms with E-state index in [4.69, 9.17) is 16.7 Å². The number of aromatic nitrogens is 1. The predicted octanol–water partition coefficient (Wildman–Crippen LogP) is 2.27. The summed E-state index contributed by atoms with van der Waals surface area (Å²) in [7, 11) is 0. The van der Waals surface area contributed by atoms with Crippen molar-refractivity contribution in [3.63, 3.8) is 0 Å². The highest BCUT2D eigenvalue weighted by molar-refractivity contribution is 6.30. The number of carbonyl (C=O) groups excluding carboxylic acids is 1. The van der Waals surface area contributed by atoms with Gasteiger partial charge in [0.2, 0.25) is 5.88 Å². The van der Waals surface area contributed by atoms with E-state index in [1.807, 2.05) is 0 Å². The van der Waals surface area contributed by atoms with Crippen LogP contribution in [-0.2, 0) is 6.18 Å². The molecular weight excluding hydrogens is 223 g/mol. The van der Waals surface area contributed by atoms with Gasteiger partial charge in [-0.15, -0.1) is 0 Å². The molecule has 0 aromatic carbocycles. The zero-order valence-corrected chi connectivity index (χ0v) is 7.23. The molecule has 0 fully saturated rings. The number of aromatic hydroxyl groups is 1. The summed E-state index contributed by atoms with van der Waals surface area (Å²) in [5, 5.41) is 8.00. The first kappa shape index (κ1) is 10.8. The minimum Gasteiger partial charge on any atom is -0.493 e. The number of alkyl halides is 3. The third-order valence-corrected chi connectivity index (χ3v) is 1.70. The summed E-state index contributed by atoms with van der Waals surface area (Å²) < 4.78 is 36.5. The van der Waals surface area contributed by atoms with Crippen molar-refractivity contribution in [1.82, 2.24) is 4.98 Å². The summed E-state index contributed by atoms with van der Waals surface area (Å²) in [5.41, 5.74) is -1.80. The van der Waals surface area contributed by atoms with Crippen LogP contribution < -0.4 is 0 Å². The Balaban J connectivity index is 3.39. The van der Waals surface area contributed by atoms with Crippen LogP contribution in [-0.4, -0.2) is 16.4 Å². The van der Waals surface area contributed by atoms with Crippen molar-refractivity contribution in [3.8, 4) is 5.88 Å². The van der Waals surface area contributed by atoms with Crippen LogP contribution in [0.3, 0.4) is 0 Å². The van der Waals surface area contributed by atoms with Crippen LogP contribution in [0.15, 0.2) is 6.07 Å². The molecule has 0 bridgehead atoms. The maximum absolute atomic E-state index is 12.2. The highest BCUT2D eigenvalue weighted by Crippen LogP contribution is 2.35. The van der Waals surface area contributed by atoms with Gasteiger partial charge in [0, 0.05) is 0 Å². The maximum atomic E-state index is 12.2. The van der Waals surface area contributed by atoms with E-state index < -0.39 is 28.3 Å². The summed E-state index contributed by atoms with van der Waals surface area (Å²) in [6.07, 6.45) is -4.64. The van der Waals surface area contributed by atoms with Crippen LogP contribution in [0.1, 0.15) is 15.9 Å². The minimum absolute atomic E-state index is 0.0634. The van der Waals surface area contributed by atoms with Crippen molar-refractivity contribution in [2.45, 2.75) is 6.18 Å². The molecule has 1 aromatic heterocycles. The van der Waals surface area contributed by atoms with Crippen molar-refractivity contribution in [2.24, 2.45) is 0 Å². The number of pyridine rings is 1. The summed E-state index contributed by atoms with van der Waals surface area (Å²) in [4.78, 5) is 13.2. The smallest absolute Gasteiger partial charge is 0.419 e. The third kappa shape index (κ3) is 1.95. The van der Waals surface area contributed by atoms with Gasteiger partial charge in [0.15, 0.2) is 6.29 Å². The number of rotatable bonds is 1. The molecule has 0 spiro atoms. The Morgan fingerprint density at radius 1 is 1.50 bits per heavy atom. The van der Waals surface area contributed by atoms with E-state index in [1.54, 1.807) is 0 Å². The fourth-order valence-electron chi connectivity index (χ4n) is 0.783. The van der Waals surface area contributed by atoms with E-state index in [-0.39, 0.29) is 6.29 Å². The lowest BCUT2D eigenvalue weighted by Crippen LogP contribution is -2.08. The highest BCUT2D eigenvalue weighted by atomic mass is 35.5. The molecule has 0 saturated heterocycles. The molecule has 0 aliphatic heterocycles. The number of carbonyl (C=O) groups is 1. The maximum Gasteiger partial charge on any atom is 0.419 e. The molecular formula is C7H3ClF3NO2. The third-order valence-electron chi connectivity index (χ3n) is 1.42. The number of nitrogens with zero attached hydrogens (tertiary/aromatic N) is 1. The Morgan fingerprint density at radius 2 is 2.07 bits per heavy atom. The molecule has 1 rings (SSSR count). The van der Waals surface area contributed by atoms with Crippen molar-refractivity contribution in [2.75, 3.05) is 0 Å². The zero-order valence-electron chi connectivity index (χ0n) is 6.47. The van der Waals surface area contributed by atoms with E-state index in [0.717, 1.165) is 0 Å². The van der Waals surface area contributed by atoms with Gasteiger partial charge in [0.05, 0.1) is 11.1 Å². The monoisotopic (exact) mass is 225 g/mol. The molecule has 1 N–H and O–H groups in total. The molecule has 0 saturated carbocycles. The highest BCUT2D eigenvalue weighted by Gasteiger charge is 2.35. The van der Waals surface area contributed by atoms with Crippen LogP contribution in [0.2, 0.25) is 5.15 Å². The second kappa shape index (κ2) is 3.45. The molecule has 0 amide bonds. The average molecular weight is 226 g/mol. The number of hydrogen-bond acceptors (Lipinski definition) is 3. The predicted molar refractivity (Wildman–Crippen MR) is 41.3 cm³/mol. The Hall–Kier alpha value is -1.30. The molecule has 14 heavy (non-hydrogen) atoms. The second-order valence-corrected chi connectivity index (χ2v) is 2.71. The van der Waals surface area contributed by atoms with Crippen LogP contribution in [0.4, 0.5) is 13.2 Å². The fourth-order valence-corrected chi connectivity index (χ4v) is 1.02. The molecule has 0 radical (unpaired) electrons. The molecule has 1 aromatic rings. The Bertz CT molecular complexity index is 378. The van der Waals surface area contributed by atoms with E-state index in [0.29, 0.717) is 6.07 Å². The molecule has 76 valence electrons. The molecule has 1 heterocycles.